The molecule has 0 bridgehead atoms. The highest BCUT2D eigenvalue weighted by Gasteiger charge is 2.26. The van der Waals surface area contributed by atoms with E-state index in [-0.39, 0.29) is 12.5 Å². The van der Waals surface area contributed by atoms with E-state index >= 15 is 0 Å². The van der Waals surface area contributed by atoms with Crippen LogP contribution in [-0.4, -0.2) is 35.6 Å². The molecule has 3 heteroatoms. The van der Waals surface area contributed by atoms with Gasteiger partial charge in [-0.25, -0.2) is 0 Å². The number of aliphatic hydroxyl groups excluding tert-OH is 1. The van der Waals surface area contributed by atoms with E-state index in [0.29, 0.717) is 25.4 Å². The lowest BCUT2D eigenvalue weighted by atomic mass is 10.2. The first-order chi connectivity index (χ1) is 6.27. The van der Waals surface area contributed by atoms with E-state index in [0.717, 1.165) is 0 Å². The van der Waals surface area contributed by atoms with Crippen LogP contribution in [0.15, 0.2) is 12.7 Å². The quantitative estimate of drug-likeness (QED) is 0.619. The number of carbonyl (C=O) groups is 1. The highest BCUT2D eigenvalue weighted by molar-refractivity contribution is 5.76. The zero-order chi connectivity index (χ0) is 9.68. The molecule has 0 unspecified atom stereocenters. The molecule has 1 saturated carbocycles. The third-order valence-corrected chi connectivity index (χ3v) is 2.23. The van der Waals surface area contributed by atoms with Gasteiger partial charge in [-0.2, -0.15) is 0 Å². The molecule has 3 nitrogen and oxygen atoms in total. The monoisotopic (exact) mass is 183 g/mol. The Balaban J connectivity index is 2.31. The standard InChI is InChI=1S/C10H17NO2/c1-2-5-11(6-7-12)10(13)8-9-3-4-9/h2,9,12H,1,3-8H2. The summed E-state index contributed by atoms with van der Waals surface area (Å²) >= 11 is 0. The predicted molar refractivity (Wildman–Crippen MR) is 51.2 cm³/mol. The summed E-state index contributed by atoms with van der Waals surface area (Å²) in [4.78, 5) is 13.2. The highest BCUT2D eigenvalue weighted by Crippen LogP contribution is 2.32. The van der Waals surface area contributed by atoms with Gasteiger partial charge in [0, 0.05) is 19.5 Å². The van der Waals surface area contributed by atoms with E-state index in [2.05, 4.69) is 6.58 Å². The van der Waals surface area contributed by atoms with Crippen molar-refractivity contribution in [2.24, 2.45) is 5.92 Å². The van der Waals surface area contributed by atoms with Crippen molar-refractivity contribution in [3.05, 3.63) is 12.7 Å². The SMILES string of the molecule is C=CCN(CCO)C(=O)CC1CC1. The Morgan fingerprint density at radius 2 is 2.31 bits per heavy atom. The fourth-order valence-corrected chi connectivity index (χ4v) is 1.29. The maximum Gasteiger partial charge on any atom is 0.223 e. The molecule has 13 heavy (non-hydrogen) atoms. The maximum atomic E-state index is 11.5. The largest absolute Gasteiger partial charge is 0.395 e. The van der Waals surface area contributed by atoms with Crippen molar-refractivity contribution < 1.29 is 9.90 Å². The molecule has 0 atom stereocenters. The summed E-state index contributed by atoms with van der Waals surface area (Å²) in [5.41, 5.74) is 0. The van der Waals surface area contributed by atoms with Gasteiger partial charge in [0.1, 0.15) is 0 Å². The van der Waals surface area contributed by atoms with E-state index in [9.17, 15) is 4.79 Å². The summed E-state index contributed by atoms with van der Waals surface area (Å²) < 4.78 is 0. The van der Waals surface area contributed by atoms with Gasteiger partial charge in [0.15, 0.2) is 0 Å². The van der Waals surface area contributed by atoms with Crippen LogP contribution in [0, 0.1) is 5.92 Å². The van der Waals surface area contributed by atoms with Crippen molar-refractivity contribution in [1.82, 2.24) is 4.90 Å². The Hall–Kier alpha value is -0.830. The molecule has 0 radical (unpaired) electrons. The van der Waals surface area contributed by atoms with Crippen LogP contribution in [0.3, 0.4) is 0 Å². The summed E-state index contributed by atoms with van der Waals surface area (Å²) in [6.07, 6.45) is 4.72. The van der Waals surface area contributed by atoms with Crippen molar-refractivity contribution in [3.63, 3.8) is 0 Å². The molecule has 0 aromatic rings. The smallest absolute Gasteiger partial charge is 0.223 e. The Labute approximate surface area is 79.0 Å². The molecule has 1 amide bonds. The Bertz CT molecular complexity index is 187. The molecule has 1 aliphatic rings. The topological polar surface area (TPSA) is 40.5 Å². The van der Waals surface area contributed by atoms with Crippen molar-refractivity contribution in [3.8, 4) is 0 Å². The van der Waals surface area contributed by atoms with Crippen LogP contribution >= 0.6 is 0 Å². The van der Waals surface area contributed by atoms with Crippen molar-refractivity contribution in [2.75, 3.05) is 19.7 Å². The molecular weight excluding hydrogens is 166 g/mol. The Morgan fingerprint density at radius 3 is 2.77 bits per heavy atom. The lowest BCUT2D eigenvalue weighted by Gasteiger charge is -2.19. The molecular formula is C10H17NO2. The van der Waals surface area contributed by atoms with Crippen LogP contribution in [0.1, 0.15) is 19.3 Å². The molecule has 1 fully saturated rings. The molecule has 0 heterocycles. The van der Waals surface area contributed by atoms with E-state index in [1.54, 1.807) is 11.0 Å². The minimum atomic E-state index is 0.0320. The van der Waals surface area contributed by atoms with Crippen molar-refractivity contribution in [1.29, 1.82) is 0 Å². The van der Waals surface area contributed by atoms with E-state index in [1.165, 1.54) is 12.8 Å². The number of hydrogen-bond acceptors (Lipinski definition) is 2. The van der Waals surface area contributed by atoms with E-state index < -0.39 is 0 Å². The minimum Gasteiger partial charge on any atom is -0.395 e. The van der Waals surface area contributed by atoms with Crippen LogP contribution in [0.4, 0.5) is 0 Å². The second-order valence-corrected chi connectivity index (χ2v) is 3.50. The number of amides is 1. The van der Waals surface area contributed by atoms with Gasteiger partial charge in [-0.05, 0) is 18.8 Å². The van der Waals surface area contributed by atoms with Crippen molar-refractivity contribution in [2.45, 2.75) is 19.3 Å². The minimum absolute atomic E-state index is 0.0320. The summed E-state index contributed by atoms with van der Waals surface area (Å²) in [6, 6.07) is 0. The van der Waals surface area contributed by atoms with Crippen LogP contribution in [0.5, 0.6) is 0 Å². The van der Waals surface area contributed by atoms with Gasteiger partial charge in [-0.15, -0.1) is 6.58 Å². The molecule has 0 saturated heterocycles. The lowest BCUT2D eigenvalue weighted by Crippen LogP contribution is -2.33. The lowest BCUT2D eigenvalue weighted by molar-refractivity contribution is -0.131. The molecule has 74 valence electrons. The molecule has 0 aromatic carbocycles. The summed E-state index contributed by atoms with van der Waals surface area (Å²) in [5.74, 6) is 0.759. The van der Waals surface area contributed by atoms with Crippen LogP contribution in [0.2, 0.25) is 0 Å². The van der Waals surface area contributed by atoms with Gasteiger partial charge >= 0.3 is 0 Å². The fraction of sp³-hybridized carbons (Fsp3) is 0.700. The Kier molecular flexibility index (Phi) is 3.96. The van der Waals surface area contributed by atoms with Gasteiger partial charge in [-0.1, -0.05) is 6.08 Å². The number of hydrogen-bond donors (Lipinski definition) is 1. The zero-order valence-corrected chi connectivity index (χ0v) is 7.91. The van der Waals surface area contributed by atoms with Gasteiger partial charge in [0.05, 0.1) is 6.61 Å². The number of carbonyl (C=O) groups excluding carboxylic acids is 1. The molecule has 0 aliphatic heterocycles. The average molecular weight is 183 g/mol. The third kappa shape index (κ3) is 3.59. The second-order valence-electron chi connectivity index (χ2n) is 3.50. The van der Waals surface area contributed by atoms with Crippen LogP contribution in [0.25, 0.3) is 0 Å². The number of nitrogens with zero attached hydrogens (tertiary/aromatic N) is 1. The third-order valence-electron chi connectivity index (χ3n) is 2.23. The molecule has 1 N–H and O–H groups in total. The Morgan fingerprint density at radius 1 is 1.62 bits per heavy atom. The van der Waals surface area contributed by atoms with Crippen LogP contribution in [-0.2, 0) is 4.79 Å². The second kappa shape index (κ2) is 5.02. The first-order valence-electron chi connectivity index (χ1n) is 4.77. The summed E-state index contributed by atoms with van der Waals surface area (Å²) in [5, 5.41) is 8.73. The molecule has 1 aliphatic carbocycles. The van der Waals surface area contributed by atoms with Crippen molar-refractivity contribution >= 4 is 5.91 Å². The summed E-state index contributed by atoms with van der Waals surface area (Å²) in [6.45, 7) is 4.59. The summed E-state index contributed by atoms with van der Waals surface area (Å²) in [7, 11) is 0. The van der Waals surface area contributed by atoms with E-state index in [4.69, 9.17) is 5.11 Å². The maximum absolute atomic E-state index is 11.5. The van der Waals surface area contributed by atoms with E-state index in [1.807, 2.05) is 0 Å². The zero-order valence-electron chi connectivity index (χ0n) is 7.91. The highest BCUT2D eigenvalue weighted by atomic mass is 16.3. The predicted octanol–water partition coefficient (Wildman–Crippen LogP) is 0.793. The average Bonchev–Trinajstić information content (AvgIpc) is 2.88. The van der Waals surface area contributed by atoms with Gasteiger partial charge < -0.3 is 10.0 Å². The molecule has 1 rings (SSSR count). The molecule has 0 aromatic heterocycles. The van der Waals surface area contributed by atoms with Crippen LogP contribution < -0.4 is 0 Å². The van der Waals surface area contributed by atoms with Gasteiger partial charge in [0.2, 0.25) is 5.91 Å². The first-order valence-corrected chi connectivity index (χ1v) is 4.77. The molecule has 0 spiro atoms. The van der Waals surface area contributed by atoms with Gasteiger partial charge in [0.25, 0.3) is 0 Å². The normalized spacial score (nSPS) is 15.5. The fourth-order valence-electron chi connectivity index (χ4n) is 1.29. The number of aliphatic hydroxyl groups is 1. The first kappa shape index (κ1) is 10.3. The van der Waals surface area contributed by atoms with Gasteiger partial charge in [-0.3, -0.25) is 4.79 Å². The number of rotatable bonds is 6.